The third-order valence-electron chi connectivity index (χ3n) is 8.25. The highest BCUT2D eigenvalue weighted by Crippen LogP contribution is 2.42. The fraction of sp³-hybridized carbons (Fsp3) is 0.0526. The van der Waals surface area contributed by atoms with Crippen molar-refractivity contribution in [2.45, 2.75) is 12.8 Å². The first-order valence-electron chi connectivity index (χ1n) is 14.0. The first-order valence-corrected chi connectivity index (χ1v) is 14.8. The van der Waals surface area contributed by atoms with Crippen molar-refractivity contribution in [1.82, 2.24) is 0 Å². The number of halogens is 1. The molecule has 8 rings (SSSR count). The van der Waals surface area contributed by atoms with Gasteiger partial charge in [-0.3, -0.25) is 0 Å². The van der Waals surface area contributed by atoms with E-state index >= 15 is 0 Å². The summed E-state index contributed by atoms with van der Waals surface area (Å²) >= 11 is 3.68. The van der Waals surface area contributed by atoms with E-state index in [1.54, 1.807) is 0 Å². The lowest BCUT2D eigenvalue weighted by Crippen LogP contribution is -2.09. The molecule has 0 spiro atoms. The van der Waals surface area contributed by atoms with Gasteiger partial charge in [-0.25, -0.2) is 0 Å². The van der Waals surface area contributed by atoms with Crippen molar-refractivity contribution in [3.63, 3.8) is 0 Å². The minimum atomic E-state index is 0.893. The molecule has 6 aromatic carbocycles. The summed E-state index contributed by atoms with van der Waals surface area (Å²) in [6.45, 7) is 0. The lowest BCUT2D eigenvalue weighted by Gasteiger charge is -2.26. The molecule has 0 saturated carbocycles. The maximum Gasteiger partial charge on any atom is 0.137 e. The van der Waals surface area contributed by atoms with Crippen LogP contribution in [0.15, 0.2) is 142 Å². The van der Waals surface area contributed by atoms with E-state index in [1.165, 1.54) is 33.4 Å². The van der Waals surface area contributed by atoms with Crippen LogP contribution in [0.1, 0.15) is 11.1 Å². The van der Waals surface area contributed by atoms with Crippen molar-refractivity contribution < 1.29 is 4.42 Å². The molecule has 1 aromatic heterocycles. The van der Waals surface area contributed by atoms with Gasteiger partial charge in [-0.15, -0.1) is 0 Å². The number of anilines is 3. The molecule has 1 aliphatic carbocycles. The predicted molar refractivity (Wildman–Crippen MR) is 174 cm³/mol. The molecule has 0 N–H and O–H groups in total. The lowest BCUT2D eigenvalue weighted by atomic mass is 9.82. The van der Waals surface area contributed by atoms with E-state index in [2.05, 4.69) is 142 Å². The summed E-state index contributed by atoms with van der Waals surface area (Å²) < 4.78 is 7.37. The molecule has 41 heavy (non-hydrogen) atoms. The van der Waals surface area contributed by atoms with Gasteiger partial charge in [0.15, 0.2) is 0 Å². The van der Waals surface area contributed by atoms with Crippen LogP contribution < -0.4 is 4.90 Å². The number of hydrogen-bond donors (Lipinski definition) is 0. The molecule has 3 heteroatoms. The second kappa shape index (κ2) is 9.79. The van der Waals surface area contributed by atoms with E-state index < -0.39 is 0 Å². The molecule has 0 amide bonds. The molecule has 0 aliphatic heterocycles. The molecule has 196 valence electrons. The normalized spacial score (nSPS) is 12.3. The summed E-state index contributed by atoms with van der Waals surface area (Å²) in [7, 11) is 0. The van der Waals surface area contributed by atoms with Crippen LogP contribution in [-0.4, -0.2) is 0 Å². The fourth-order valence-corrected chi connectivity index (χ4v) is 6.69. The van der Waals surface area contributed by atoms with Crippen LogP contribution >= 0.6 is 15.9 Å². The van der Waals surface area contributed by atoms with Crippen molar-refractivity contribution in [2.24, 2.45) is 0 Å². The number of hydrogen-bond acceptors (Lipinski definition) is 2. The van der Waals surface area contributed by atoms with Gasteiger partial charge in [0.25, 0.3) is 0 Å². The zero-order valence-corrected chi connectivity index (χ0v) is 23.9. The van der Waals surface area contributed by atoms with Crippen LogP contribution in [0.3, 0.4) is 0 Å². The summed E-state index contributed by atoms with van der Waals surface area (Å²) in [4.78, 5) is 2.30. The number of nitrogens with zero attached hydrogens (tertiary/aromatic N) is 1. The van der Waals surface area contributed by atoms with Crippen LogP contribution in [-0.2, 0) is 12.8 Å². The van der Waals surface area contributed by atoms with Crippen LogP contribution in [0, 0.1) is 0 Å². The zero-order valence-electron chi connectivity index (χ0n) is 22.3. The van der Waals surface area contributed by atoms with Crippen LogP contribution in [0.4, 0.5) is 17.1 Å². The van der Waals surface area contributed by atoms with E-state index in [0.717, 1.165) is 56.3 Å². The Morgan fingerprint density at radius 1 is 0.512 bits per heavy atom. The van der Waals surface area contributed by atoms with Crippen molar-refractivity contribution in [3.8, 4) is 22.3 Å². The summed E-state index contributed by atoms with van der Waals surface area (Å²) in [5.74, 6) is 0. The Balaban J connectivity index is 1.21. The number of furan rings is 1. The average Bonchev–Trinajstić information content (AvgIpc) is 3.40. The summed E-state index contributed by atoms with van der Waals surface area (Å²) in [6.07, 6.45) is 2.12. The largest absolute Gasteiger partial charge is 0.456 e. The van der Waals surface area contributed by atoms with Gasteiger partial charge >= 0.3 is 0 Å². The maximum absolute atomic E-state index is 6.25. The molecule has 2 nitrogen and oxygen atoms in total. The predicted octanol–water partition coefficient (Wildman–Crippen LogP) is 11.3. The summed E-state index contributed by atoms with van der Waals surface area (Å²) in [5.41, 5.74) is 13.2. The monoisotopic (exact) mass is 591 g/mol. The topological polar surface area (TPSA) is 16.4 Å². The highest BCUT2D eigenvalue weighted by molar-refractivity contribution is 9.10. The molecule has 1 heterocycles. The van der Waals surface area contributed by atoms with Crippen molar-refractivity contribution >= 4 is 54.9 Å². The van der Waals surface area contributed by atoms with E-state index in [9.17, 15) is 0 Å². The molecular formula is C38H26BrNO. The molecule has 0 saturated heterocycles. The van der Waals surface area contributed by atoms with E-state index in [-0.39, 0.29) is 0 Å². The van der Waals surface area contributed by atoms with Gasteiger partial charge in [-0.05, 0) is 101 Å². The summed E-state index contributed by atoms with van der Waals surface area (Å²) in [6, 6.07) is 47.7. The second-order valence-electron chi connectivity index (χ2n) is 10.6. The minimum Gasteiger partial charge on any atom is -0.456 e. The zero-order chi connectivity index (χ0) is 27.3. The Hall–Kier alpha value is -4.60. The smallest absolute Gasteiger partial charge is 0.137 e. The number of para-hydroxylation sites is 2. The molecule has 1 aliphatic rings. The van der Waals surface area contributed by atoms with E-state index in [1.807, 2.05) is 12.1 Å². The van der Waals surface area contributed by atoms with Gasteiger partial charge in [-0.1, -0.05) is 88.7 Å². The number of benzene rings is 6. The first kappa shape index (κ1) is 24.2. The lowest BCUT2D eigenvalue weighted by molar-refractivity contribution is 0.669. The highest BCUT2D eigenvalue weighted by atomic mass is 79.9. The van der Waals surface area contributed by atoms with Gasteiger partial charge in [0.1, 0.15) is 11.2 Å². The number of fused-ring (bicyclic) bond motifs is 6. The molecular weight excluding hydrogens is 566 g/mol. The van der Waals surface area contributed by atoms with Gasteiger partial charge in [0.05, 0.1) is 0 Å². The van der Waals surface area contributed by atoms with Crippen molar-refractivity contribution in [3.05, 3.63) is 149 Å². The SMILES string of the molecule is Brc1ccc2c(c1)-c1cccc(-c3ccc(N(c4ccccc4)c4ccc5c(c4)oc4ccccc45)cc3)c1CC2. The fourth-order valence-electron chi connectivity index (χ4n) is 6.32. The Morgan fingerprint density at radius 2 is 1.24 bits per heavy atom. The van der Waals surface area contributed by atoms with Gasteiger partial charge in [0, 0.05) is 38.4 Å². The number of rotatable bonds is 4. The molecule has 0 fully saturated rings. The third-order valence-corrected chi connectivity index (χ3v) is 8.75. The second-order valence-corrected chi connectivity index (χ2v) is 11.5. The Morgan fingerprint density at radius 3 is 2.12 bits per heavy atom. The van der Waals surface area contributed by atoms with Crippen LogP contribution in [0.25, 0.3) is 44.2 Å². The van der Waals surface area contributed by atoms with Crippen molar-refractivity contribution in [1.29, 1.82) is 0 Å². The first-order chi connectivity index (χ1) is 20.2. The molecule has 0 atom stereocenters. The molecule has 0 bridgehead atoms. The standard InChI is InChI=1S/C38H26BrNO/c39-27-17-13-26-16-21-33-31(10-6-11-32(33)36(26)23-27)25-14-18-29(19-15-25)40(28-7-2-1-3-8-28)30-20-22-35-34-9-4-5-12-37(34)41-38(35)24-30/h1-15,17-20,22-24H,16,21H2. The van der Waals surface area contributed by atoms with E-state index in [4.69, 9.17) is 4.42 Å². The maximum atomic E-state index is 6.25. The Labute approximate surface area is 247 Å². The quantitative estimate of drug-likeness (QED) is 0.202. The van der Waals surface area contributed by atoms with Gasteiger partial charge < -0.3 is 9.32 Å². The van der Waals surface area contributed by atoms with Gasteiger partial charge in [-0.2, -0.15) is 0 Å². The summed E-state index contributed by atoms with van der Waals surface area (Å²) in [5, 5.41) is 2.28. The highest BCUT2D eigenvalue weighted by Gasteiger charge is 2.20. The molecule has 0 radical (unpaired) electrons. The number of aryl methyl sites for hydroxylation is 1. The Bertz CT molecular complexity index is 2060. The minimum absolute atomic E-state index is 0.893. The van der Waals surface area contributed by atoms with Crippen LogP contribution in [0.2, 0.25) is 0 Å². The Kier molecular flexibility index (Phi) is 5.79. The van der Waals surface area contributed by atoms with Crippen molar-refractivity contribution in [2.75, 3.05) is 4.90 Å². The molecule has 7 aromatic rings. The van der Waals surface area contributed by atoms with Gasteiger partial charge in [0.2, 0.25) is 0 Å². The van der Waals surface area contributed by atoms with E-state index in [0.29, 0.717) is 0 Å². The molecule has 0 unspecified atom stereocenters. The van der Waals surface area contributed by atoms with Crippen LogP contribution in [0.5, 0.6) is 0 Å². The average molecular weight is 593 g/mol. The third kappa shape index (κ3) is 4.16.